The Morgan fingerprint density at radius 3 is 2.39 bits per heavy atom. The van der Waals surface area contributed by atoms with Gasteiger partial charge in [0, 0.05) is 55.5 Å². The normalized spacial score (nSPS) is 21.3. The minimum Gasteiger partial charge on any atom is -0.507 e. The van der Waals surface area contributed by atoms with Crippen LogP contribution in [0.5, 0.6) is 5.75 Å². The zero-order chi connectivity index (χ0) is 26.2. The third-order valence-electron chi connectivity index (χ3n) is 7.64. The molecule has 0 spiro atoms. The number of rotatable bonds is 4. The predicted molar refractivity (Wildman–Crippen MR) is 145 cm³/mol. The Morgan fingerprint density at radius 1 is 0.947 bits per heavy atom. The number of pyridine rings is 1. The number of carbonyl (C=O) groups is 2. The molecule has 2 fully saturated rings. The highest BCUT2D eigenvalue weighted by Crippen LogP contribution is 2.43. The van der Waals surface area contributed by atoms with Crippen LogP contribution in [0.4, 0.5) is 11.4 Å². The molecule has 3 aromatic rings. The van der Waals surface area contributed by atoms with Gasteiger partial charge < -0.3 is 19.6 Å². The van der Waals surface area contributed by atoms with Crippen molar-refractivity contribution >= 4 is 28.8 Å². The number of benzene rings is 2. The van der Waals surface area contributed by atoms with Crippen molar-refractivity contribution in [2.75, 3.05) is 49.6 Å². The maximum atomic E-state index is 13.5. The zero-order valence-corrected chi connectivity index (χ0v) is 21.3. The van der Waals surface area contributed by atoms with Crippen LogP contribution in [-0.2, 0) is 16.0 Å². The van der Waals surface area contributed by atoms with E-state index in [1.165, 1.54) is 4.90 Å². The maximum absolute atomic E-state index is 13.5. The quantitative estimate of drug-likeness (QED) is 0.325. The Labute approximate surface area is 221 Å². The van der Waals surface area contributed by atoms with Gasteiger partial charge in [-0.1, -0.05) is 0 Å². The fraction of sp³-hybridized carbons (Fsp3) is 0.300. The molecule has 0 saturated carbocycles. The summed E-state index contributed by atoms with van der Waals surface area (Å²) in [6.07, 6.45) is 4.98. The van der Waals surface area contributed by atoms with Crippen molar-refractivity contribution < 1.29 is 19.4 Å². The Morgan fingerprint density at radius 2 is 1.66 bits per heavy atom. The van der Waals surface area contributed by atoms with Crippen LogP contribution in [0.25, 0.3) is 5.76 Å². The van der Waals surface area contributed by atoms with E-state index < -0.39 is 17.7 Å². The van der Waals surface area contributed by atoms with Gasteiger partial charge >= 0.3 is 0 Å². The van der Waals surface area contributed by atoms with Crippen molar-refractivity contribution in [1.29, 1.82) is 0 Å². The molecule has 4 heterocycles. The maximum Gasteiger partial charge on any atom is 0.300 e. The molecule has 8 nitrogen and oxygen atoms in total. The highest BCUT2D eigenvalue weighted by molar-refractivity contribution is 6.51. The average Bonchev–Trinajstić information content (AvgIpc) is 3.23. The van der Waals surface area contributed by atoms with Gasteiger partial charge in [-0.15, -0.1) is 0 Å². The van der Waals surface area contributed by atoms with Crippen molar-refractivity contribution in [2.45, 2.75) is 18.9 Å². The van der Waals surface area contributed by atoms with E-state index in [2.05, 4.69) is 21.8 Å². The van der Waals surface area contributed by atoms with Crippen LogP contribution < -0.4 is 14.5 Å². The molecule has 0 radical (unpaired) electrons. The molecule has 0 bridgehead atoms. The van der Waals surface area contributed by atoms with E-state index in [1.54, 1.807) is 30.6 Å². The summed E-state index contributed by atoms with van der Waals surface area (Å²) in [5, 5.41) is 11.5. The fourth-order valence-electron chi connectivity index (χ4n) is 5.51. The van der Waals surface area contributed by atoms with Crippen molar-refractivity contribution in [3.63, 3.8) is 0 Å². The molecular weight excluding hydrogens is 480 g/mol. The molecular formula is C30H30N4O4. The summed E-state index contributed by atoms with van der Waals surface area (Å²) >= 11 is 0. The number of aliphatic hydroxyl groups is 1. The van der Waals surface area contributed by atoms with Crippen LogP contribution in [0, 0.1) is 0 Å². The molecule has 6 rings (SSSR count). The molecule has 2 aromatic carbocycles. The number of Topliss-reactive ketones (excluding diaryl/α,β-unsaturated/α-hetero) is 1. The smallest absolute Gasteiger partial charge is 0.300 e. The molecule has 1 aromatic heterocycles. The minimum atomic E-state index is -0.778. The Kier molecular flexibility index (Phi) is 6.33. The number of amides is 1. The molecule has 38 heavy (non-hydrogen) atoms. The van der Waals surface area contributed by atoms with Crippen LogP contribution in [0.1, 0.15) is 29.2 Å². The topological polar surface area (TPSA) is 86.2 Å². The second kappa shape index (κ2) is 9.95. The Hall–Kier alpha value is -4.17. The van der Waals surface area contributed by atoms with Crippen molar-refractivity contribution in [3.05, 3.63) is 89.3 Å². The summed E-state index contributed by atoms with van der Waals surface area (Å²) in [5.41, 5.74) is 3.93. The Bertz CT molecular complexity index is 1400. The lowest BCUT2D eigenvalue weighted by Gasteiger charge is -2.34. The number of likely N-dealkylation sites (N-methyl/N-ethyl adjacent to an activating group) is 1. The van der Waals surface area contributed by atoms with E-state index in [4.69, 9.17) is 4.74 Å². The number of ketones is 1. The largest absolute Gasteiger partial charge is 0.507 e. The second-order valence-corrected chi connectivity index (χ2v) is 10.0. The molecule has 8 heteroatoms. The monoisotopic (exact) mass is 510 g/mol. The summed E-state index contributed by atoms with van der Waals surface area (Å²) < 4.78 is 5.71. The molecule has 1 N–H and O–H groups in total. The highest BCUT2D eigenvalue weighted by Gasteiger charge is 2.47. The fourth-order valence-corrected chi connectivity index (χ4v) is 5.51. The van der Waals surface area contributed by atoms with Gasteiger partial charge in [-0.2, -0.15) is 0 Å². The van der Waals surface area contributed by atoms with Crippen LogP contribution in [-0.4, -0.2) is 66.5 Å². The molecule has 1 atom stereocenters. The van der Waals surface area contributed by atoms with E-state index in [0.29, 0.717) is 23.4 Å². The summed E-state index contributed by atoms with van der Waals surface area (Å²) in [6.45, 7) is 4.52. The molecule has 3 aliphatic rings. The number of aliphatic hydroxyl groups excluding tert-OH is 1. The summed E-state index contributed by atoms with van der Waals surface area (Å²) in [4.78, 5) is 37.1. The zero-order valence-electron chi connectivity index (χ0n) is 21.3. The van der Waals surface area contributed by atoms with Crippen molar-refractivity contribution in [3.8, 4) is 5.75 Å². The number of hydrogen-bond acceptors (Lipinski definition) is 7. The van der Waals surface area contributed by atoms with E-state index >= 15 is 0 Å². The Balaban J connectivity index is 1.40. The van der Waals surface area contributed by atoms with Gasteiger partial charge in [0.05, 0.1) is 18.2 Å². The van der Waals surface area contributed by atoms with Gasteiger partial charge in [-0.3, -0.25) is 19.5 Å². The lowest BCUT2D eigenvalue weighted by Crippen LogP contribution is -2.44. The summed E-state index contributed by atoms with van der Waals surface area (Å²) in [7, 11) is 2.12. The number of aromatic nitrogens is 1. The molecule has 3 aliphatic heterocycles. The number of aryl methyl sites for hydroxylation is 1. The van der Waals surface area contributed by atoms with E-state index in [0.717, 1.165) is 56.0 Å². The lowest BCUT2D eigenvalue weighted by atomic mass is 9.94. The number of ether oxygens (including phenoxy) is 1. The first-order chi connectivity index (χ1) is 18.5. The van der Waals surface area contributed by atoms with E-state index in [-0.39, 0.29) is 11.3 Å². The van der Waals surface area contributed by atoms with Gasteiger partial charge in [0.15, 0.2) is 0 Å². The molecule has 194 valence electrons. The standard InChI is InChI=1S/C30H30N4O4/c1-32-14-16-33(17-15-32)23-5-7-24(8-6-23)34-27(20-10-12-31-13-11-20)26(29(36)30(34)37)28(35)22-4-9-25-21(19-22)3-2-18-38-25/h4-13,19,27,35H,2-3,14-18H2,1H3/b28-26-. The van der Waals surface area contributed by atoms with Crippen molar-refractivity contribution in [2.24, 2.45) is 0 Å². The third kappa shape index (κ3) is 4.31. The number of nitrogens with zero attached hydrogens (tertiary/aromatic N) is 4. The van der Waals surface area contributed by atoms with Crippen LogP contribution in [0.2, 0.25) is 0 Å². The first kappa shape index (κ1) is 24.2. The number of fused-ring (bicyclic) bond motifs is 1. The van der Waals surface area contributed by atoms with E-state index in [1.807, 2.05) is 36.4 Å². The number of piperazine rings is 1. The van der Waals surface area contributed by atoms with Gasteiger partial charge in [0.25, 0.3) is 11.7 Å². The van der Waals surface area contributed by atoms with Crippen LogP contribution in [0.15, 0.2) is 72.6 Å². The van der Waals surface area contributed by atoms with Crippen LogP contribution >= 0.6 is 0 Å². The SMILES string of the molecule is CN1CCN(c2ccc(N3C(=O)C(=O)/C(=C(\O)c4ccc5c(c4)CCCO5)C3c3ccncc3)cc2)CC1. The number of anilines is 2. The highest BCUT2D eigenvalue weighted by atomic mass is 16.5. The van der Waals surface area contributed by atoms with E-state index in [9.17, 15) is 14.7 Å². The molecule has 1 unspecified atom stereocenters. The molecule has 2 saturated heterocycles. The van der Waals surface area contributed by atoms with Gasteiger partial charge in [0.2, 0.25) is 0 Å². The number of hydrogen-bond donors (Lipinski definition) is 1. The summed E-state index contributed by atoms with van der Waals surface area (Å²) in [5.74, 6) is -0.766. The summed E-state index contributed by atoms with van der Waals surface area (Å²) in [6, 6.07) is 15.9. The first-order valence-electron chi connectivity index (χ1n) is 13.0. The molecule has 1 amide bonds. The van der Waals surface area contributed by atoms with Gasteiger partial charge in [-0.25, -0.2) is 0 Å². The van der Waals surface area contributed by atoms with Crippen molar-refractivity contribution in [1.82, 2.24) is 9.88 Å². The van der Waals surface area contributed by atoms with Gasteiger partial charge in [0.1, 0.15) is 11.5 Å². The average molecular weight is 511 g/mol. The lowest BCUT2D eigenvalue weighted by molar-refractivity contribution is -0.132. The predicted octanol–water partition coefficient (Wildman–Crippen LogP) is 3.78. The molecule has 0 aliphatic carbocycles. The van der Waals surface area contributed by atoms with Gasteiger partial charge in [-0.05, 0) is 85.6 Å². The minimum absolute atomic E-state index is 0.0704. The number of carbonyl (C=O) groups excluding carboxylic acids is 2. The second-order valence-electron chi connectivity index (χ2n) is 10.0. The third-order valence-corrected chi connectivity index (χ3v) is 7.64. The van der Waals surface area contributed by atoms with Crippen LogP contribution in [0.3, 0.4) is 0 Å². The first-order valence-corrected chi connectivity index (χ1v) is 13.0.